The number of hydrazine groups is 1. The van der Waals surface area contributed by atoms with Crippen LogP contribution in [-0.4, -0.2) is 122 Å². The highest BCUT2D eigenvalue weighted by molar-refractivity contribution is 7.99. The van der Waals surface area contributed by atoms with Gasteiger partial charge in [-0.25, -0.2) is 27.2 Å². The van der Waals surface area contributed by atoms with E-state index >= 15 is 0 Å². The van der Waals surface area contributed by atoms with Crippen molar-refractivity contribution < 1.29 is 59.1 Å². The van der Waals surface area contributed by atoms with Crippen LogP contribution in [0, 0.1) is 12.8 Å². The van der Waals surface area contributed by atoms with Crippen molar-refractivity contribution >= 4 is 75.3 Å². The molecule has 2 atom stereocenters. The number of sulfone groups is 1. The summed E-state index contributed by atoms with van der Waals surface area (Å²) in [5.74, 6) is -0.846. The molecular formula is C48H56ClF3N6O10PS3-. The Labute approximate surface area is 428 Å². The highest BCUT2D eigenvalue weighted by Gasteiger charge is 2.48. The number of benzene rings is 4. The number of phosphoric acid groups is 1. The number of aromatic nitrogens is 1. The van der Waals surface area contributed by atoms with Gasteiger partial charge in [-0.1, -0.05) is 54.1 Å². The minimum Gasteiger partial charge on any atom is -0.754 e. The number of aromatic carboxylic acids is 1. The lowest BCUT2D eigenvalue weighted by atomic mass is 9.96. The van der Waals surface area contributed by atoms with Crippen LogP contribution in [0.3, 0.4) is 0 Å². The molecule has 16 nitrogen and oxygen atoms in total. The smallest absolute Gasteiger partial charge is 0.501 e. The third-order valence-corrected chi connectivity index (χ3v) is 16.9. The molecule has 4 aromatic carbocycles. The molecule has 2 fully saturated rings. The summed E-state index contributed by atoms with van der Waals surface area (Å²) in [6.07, 6.45) is 1.57. The fourth-order valence-electron chi connectivity index (χ4n) is 9.27. The first kappa shape index (κ1) is 55.3. The van der Waals surface area contributed by atoms with Gasteiger partial charge in [0.1, 0.15) is 4.90 Å². The van der Waals surface area contributed by atoms with Gasteiger partial charge in [-0.2, -0.15) is 13.2 Å². The number of rotatable bonds is 20. The normalized spacial score (nSPS) is 16.5. The van der Waals surface area contributed by atoms with E-state index < -0.39 is 51.3 Å². The molecule has 2 saturated heterocycles. The lowest BCUT2D eigenvalue weighted by Crippen LogP contribution is -2.54. The molecule has 24 heteroatoms. The number of hydrogen-bond donors (Lipinski definition) is 4. The SMILES string of the molecule is Cc1c(C(=O)O)c(-c2cccc(N3CCN(N(c4ccc(N[C@H](CCN5CCC(COP(=O)(O)O)CC5)CSc5ccccc5)c(S(=O)(=O)C(F)(F)F)c4)S(=O)[O-])CC3)c2)c(-c2ccc(Cl)cc2)n1C(C)C. The number of thioether (sulfide) groups is 1. The first-order chi connectivity index (χ1) is 34.0. The second-order valence-corrected chi connectivity index (χ2v) is 23.4. The zero-order valence-corrected chi connectivity index (χ0v) is 43.7. The predicted molar refractivity (Wildman–Crippen MR) is 274 cm³/mol. The summed E-state index contributed by atoms with van der Waals surface area (Å²) in [6.45, 7) is 7.78. The number of carbonyl (C=O) groups is 1. The number of halogens is 4. The first-order valence-corrected chi connectivity index (χ1v) is 28.5. The number of nitrogens with zero attached hydrogens (tertiary/aromatic N) is 5. The van der Waals surface area contributed by atoms with Crippen LogP contribution in [0.4, 0.5) is 30.2 Å². The van der Waals surface area contributed by atoms with Gasteiger partial charge >= 0.3 is 19.3 Å². The number of alkyl halides is 3. The van der Waals surface area contributed by atoms with Crippen LogP contribution >= 0.6 is 31.2 Å². The fraction of sp³-hybridized carbons (Fsp3) is 0.396. The quantitative estimate of drug-likeness (QED) is 0.0325. The number of hydrogen-bond acceptors (Lipinski definition) is 12. The Balaban J connectivity index is 1.13. The largest absolute Gasteiger partial charge is 0.754 e. The average Bonchev–Trinajstić information content (AvgIpc) is 3.65. The molecule has 3 heterocycles. The third-order valence-electron chi connectivity index (χ3n) is 12.8. The summed E-state index contributed by atoms with van der Waals surface area (Å²) in [5, 5.41) is 15.5. The molecular weight excluding hydrogens is 1040 g/mol. The minimum absolute atomic E-state index is 0.0471. The fourth-order valence-corrected chi connectivity index (χ4v) is 12.4. The predicted octanol–water partition coefficient (Wildman–Crippen LogP) is 9.48. The van der Waals surface area contributed by atoms with Crippen LogP contribution in [0.5, 0.6) is 0 Å². The van der Waals surface area contributed by atoms with E-state index in [0.717, 1.165) is 27.0 Å². The van der Waals surface area contributed by atoms with Crippen molar-refractivity contribution in [1.82, 2.24) is 14.5 Å². The van der Waals surface area contributed by atoms with Crippen molar-refractivity contribution in [2.75, 3.05) is 72.8 Å². The molecule has 2 aliphatic rings. The third kappa shape index (κ3) is 13.3. The molecule has 0 bridgehead atoms. The van der Waals surface area contributed by atoms with E-state index in [1.807, 2.05) is 84.0 Å². The average molecular weight is 1100 g/mol. The summed E-state index contributed by atoms with van der Waals surface area (Å²) in [5.41, 5.74) is -2.38. The van der Waals surface area contributed by atoms with Gasteiger partial charge in [0.15, 0.2) is 0 Å². The monoisotopic (exact) mass is 1100 g/mol. The second-order valence-electron chi connectivity index (χ2n) is 17.9. The van der Waals surface area contributed by atoms with E-state index in [2.05, 4.69) is 10.2 Å². The highest BCUT2D eigenvalue weighted by atomic mass is 35.5. The minimum atomic E-state index is -6.04. The number of nitrogens with one attached hydrogen (secondary N) is 1. The Morgan fingerprint density at radius 3 is 2.22 bits per heavy atom. The molecule has 0 saturated carbocycles. The van der Waals surface area contributed by atoms with Crippen LogP contribution in [0.2, 0.25) is 5.02 Å². The lowest BCUT2D eigenvalue weighted by molar-refractivity contribution is -0.0435. The highest BCUT2D eigenvalue weighted by Crippen LogP contribution is 2.43. The zero-order chi connectivity index (χ0) is 52.1. The molecule has 5 aromatic rings. The number of piperidine rings is 1. The molecule has 390 valence electrons. The summed E-state index contributed by atoms with van der Waals surface area (Å²) in [4.78, 5) is 35.0. The van der Waals surface area contributed by atoms with E-state index in [0.29, 0.717) is 77.9 Å². The van der Waals surface area contributed by atoms with E-state index in [1.165, 1.54) is 22.8 Å². The van der Waals surface area contributed by atoms with Crippen LogP contribution in [0.15, 0.2) is 107 Å². The van der Waals surface area contributed by atoms with Gasteiger partial charge in [0.2, 0.25) is 0 Å². The van der Waals surface area contributed by atoms with Crippen LogP contribution < -0.4 is 14.6 Å². The molecule has 1 aromatic heterocycles. The Bertz CT molecular complexity index is 2880. The molecule has 0 radical (unpaired) electrons. The number of phosphoric ester groups is 1. The van der Waals surface area contributed by atoms with E-state index in [9.17, 15) is 44.8 Å². The summed E-state index contributed by atoms with van der Waals surface area (Å²) < 4.78 is 115. The van der Waals surface area contributed by atoms with Crippen LogP contribution in [-0.2, 0) is 30.2 Å². The maximum atomic E-state index is 14.5. The lowest BCUT2D eigenvalue weighted by Gasteiger charge is -2.43. The van der Waals surface area contributed by atoms with Gasteiger partial charge in [-0.05, 0) is 125 Å². The number of carboxylic acids is 1. The number of anilines is 3. The molecule has 7 rings (SSSR count). The Morgan fingerprint density at radius 2 is 1.62 bits per heavy atom. The molecule has 0 amide bonds. The Kier molecular flexibility index (Phi) is 18.0. The van der Waals surface area contributed by atoms with E-state index in [4.69, 9.17) is 25.9 Å². The summed E-state index contributed by atoms with van der Waals surface area (Å²) in [6, 6.07) is 26.2. The van der Waals surface area contributed by atoms with E-state index in [-0.39, 0.29) is 61.7 Å². The van der Waals surface area contributed by atoms with Gasteiger partial charge in [-0.3, -0.25) is 8.73 Å². The number of piperazine rings is 1. The molecule has 0 aliphatic carbocycles. The number of likely N-dealkylation sites (tertiary alicyclic amines) is 1. The van der Waals surface area contributed by atoms with E-state index in [1.54, 1.807) is 25.1 Å². The number of carboxylic acid groups (broad SMARTS) is 1. The second kappa shape index (κ2) is 23.4. The molecule has 1 unspecified atom stereocenters. The van der Waals surface area contributed by atoms with Gasteiger partial charge in [-0.15, -0.1) is 11.8 Å². The van der Waals surface area contributed by atoms with Crippen molar-refractivity contribution in [3.63, 3.8) is 0 Å². The first-order valence-electron chi connectivity index (χ1n) is 23.1. The van der Waals surface area contributed by atoms with Crippen LogP contribution in [0.1, 0.15) is 55.2 Å². The maximum absolute atomic E-state index is 14.5. The van der Waals surface area contributed by atoms with Gasteiger partial charge in [0.25, 0.3) is 9.84 Å². The zero-order valence-electron chi connectivity index (χ0n) is 39.6. The van der Waals surface area contributed by atoms with Crippen molar-refractivity contribution in [3.05, 3.63) is 113 Å². The molecule has 2 aliphatic heterocycles. The Morgan fingerprint density at radius 1 is 0.958 bits per heavy atom. The molecule has 4 N–H and O–H groups in total. The molecule has 72 heavy (non-hydrogen) atoms. The van der Waals surface area contributed by atoms with Crippen molar-refractivity contribution in [1.29, 1.82) is 0 Å². The van der Waals surface area contributed by atoms with Crippen LogP contribution in [0.25, 0.3) is 22.4 Å². The van der Waals surface area contributed by atoms with Gasteiger partial charge < -0.3 is 39.1 Å². The summed E-state index contributed by atoms with van der Waals surface area (Å²) in [7, 11) is -10.7. The van der Waals surface area contributed by atoms with Gasteiger partial charge in [0.05, 0.1) is 40.5 Å². The van der Waals surface area contributed by atoms with Crippen molar-refractivity contribution in [2.24, 2.45) is 5.92 Å². The topological polar surface area (TPSA) is 208 Å². The van der Waals surface area contributed by atoms with Crippen molar-refractivity contribution in [2.45, 2.75) is 67.4 Å². The van der Waals surface area contributed by atoms with Crippen molar-refractivity contribution in [3.8, 4) is 22.4 Å². The maximum Gasteiger partial charge on any atom is 0.501 e. The standard InChI is InChI=1S/C48H57ClF3N6O10PS3/c1-32(2)57-33(3)44(47(59)60)45(46(57)35-12-14-37(49)15-13-35)36-8-7-9-39(28-36)55-24-26-56(27-25-55)58(71(64)65)40-16-17-42(43(29-40)72(66,67)48(50,51)52)53-38(31-70-41-10-5-4-6-11-41)20-23-54-21-18-34(19-22-54)30-68-69(61,62)63/h4-17,28-29,32,34,38,53H,18-27,30-31H2,1-3H3,(H,59,60)(H,64,65)(H2,61,62,63)/p-1/t38-/m1/s1. The molecule has 0 spiro atoms. The summed E-state index contributed by atoms with van der Waals surface area (Å²) >= 11 is 4.55. The van der Waals surface area contributed by atoms with Gasteiger partial charge in [0, 0.05) is 77.4 Å². The Hall–Kier alpha value is -4.45.